The molecule has 4 rings (SSSR count). The number of hydrogen-bond acceptors (Lipinski definition) is 3. The van der Waals surface area contributed by atoms with Gasteiger partial charge in [-0.2, -0.15) is 0 Å². The van der Waals surface area contributed by atoms with Crippen molar-refractivity contribution in [3.05, 3.63) is 48.6 Å². The molecule has 3 aliphatic heterocycles. The molecule has 4 nitrogen and oxygen atoms in total. The van der Waals surface area contributed by atoms with Crippen molar-refractivity contribution < 1.29 is 9.53 Å². The van der Waals surface area contributed by atoms with Crippen LogP contribution in [0, 0.1) is 5.92 Å². The van der Waals surface area contributed by atoms with Crippen molar-refractivity contribution in [3.63, 3.8) is 0 Å². The van der Waals surface area contributed by atoms with E-state index in [1.165, 1.54) is 5.56 Å². The lowest BCUT2D eigenvalue weighted by atomic mass is 9.68. The first-order valence-electron chi connectivity index (χ1n) is 9.52. The Balaban J connectivity index is 1.56. The lowest BCUT2D eigenvalue weighted by Crippen LogP contribution is -2.53. The van der Waals surface area contributed by atoms with Crippen LogP contribution in [0.4, 0.5) is 0 Å². The third kappa shape index (κ3) is 3.02. The summed E-state index contributed by atoms with van der Waals surface area (Å²) in [6, 6.07) is 10.9. The first kappa shape index (κ1) is 16.8. The molecular formula is C21H28N2O2. The molecule has 1 aromatic carbocycles. The quantitative estimate of drug-likeness (QED) is 0.790. The average Bonchev–Trinajstić information content (AvgIpc) is 3.29. The SMILES string of the molecule is C=CCN1C[C@H]2CN(C(=O)[C@H]3CCCO3)CC[C@@]2(c2ccccc2)C1. The summed E-state index contributed by atoms with van der Waals surface area (Å²) in [5.41, 5.74) is 1.59. The summed E-state index contributed by atoms with van der Waals surface area (Å²) in [5, 5.41) is 0. The van der Waals surface area contributed by atoms with E-state index in [2.05, 4.69) is 46.7 Å². The van der Waals surface area contributed by atoms with E-state index in [4.69, 9.17) is 4.74 Å². The summed E-state index contributed by atoms with van der Waals surface area (Å²) in [6.07, 6.45) is 4.72. The van der Waals surface area contributed by atoms with Gasteiger partial charge in [0.2, 0.25) is 0 Å². The van der Waals surface area contributed by atoms with E-state index in [0.29, 0.717) is 5.92 Å². The molecule has 3 heterocycles. The fourth-order valence-corrected chi connectivity index (χ4v) is 5.03. The molecule has 134 valence electrons. The van der Waals surface area contributed by atoms with Gasteiger partial charge in [-0.25, -0.2) is 0 Å². The van der Waals surface area contributed by atoms with E-state index in [-0.39, 0.29) is 17.4 Å². The van der Waals surface area contributed by atoms with Crippen LogP contribution in [0.2, 0.25) is 0 Å². The number of hydrogen-bond donors (Lipinski definition) is 0. The first-order chi connectivity index (χ1) is 12.2. The number of amides is 1. The summed E-state index contributed by atoms with van der Waals surface area (Å²) in [4.78, 5) is 17.4. The predicted octanol–water partition coefficient (Wildman–Crippen LogP) is 2.45. The minimum Gasteiger partial charge on any atom is -0.368 e. The van der Waals surface area contributed by atoms with Gasteiger partial charge in [-0.3, -0.25) is 9.69 Å². The highest BCUT2D eigenvalue weighted by Crippen LogP contribution is 2.45. The van der Waals surface area contributed by atoms with Crippen molar-refractivity contribution in [3.8, 4) is 0 Å². The minimum absolute atomic E-state index is 0.164. The number of likely N-dealkylation sites (tertiary alicyclic amines) is 2. The molecule has 3 saturated heterocycles. The number of rotatable bonds is 4. The van der Waals surface area contributed by atoms with E-state index in [0.717, 1.165) is 58.6 Å². The molecule has 0 aromatic heterocycles. The molecule has 0 N–H and O–H groups in total. The van der Waals surface area contributed by atoms with Gasteiger partial charge in [0, 0.05) is 50.7 Å². The Kier molecular flexibility index (Phi) is 4.65. The molecule has 0 unspecified atom stereocenters. The van der Waals surface area contributed by atoms with Crippen molar-refractivity contribution in [2.45, 2.75) is 30.8 Å². The molecule has 4 heteroatoms. The van der Waals surface area contributed by atoms with Crippen LogP contribution in [-0.4, -0.2) is 61.1 Å². The lowest BCUT2D eigenvalue weighted by molar-refractivity contribution is -0.143. The molecule has 3 aliphatic rings. The third-order valence-electron chi connectivity index (χ3n) is 6.29. The van der Waals surface area contributed by atoms with Gasteiger partial charge in [0.1, 0.15) is 6.10 Å². The van der Waals surface area contributed by atoms with Crippen LogP contribution in [0.1, 0.15) is 24.8 Å². The second-order valence-corrected chi connectivity index (χ2v) is 7.74. The van der Waals surface area contributed by atoms with Crippen molar-refractivity contribution in [2.75, 3.05) is 39.3 Å². The molecular weight excluding hydrogens is 312 g/mol. The fraction of sp³-hybridized carbons (Fsp3) is 0.571. The van der Waals surface area contributed by atoms with E-state index in [1.807, 2.05) is 6.08 Å². The van der Waals surface area contributed by atoms with Gasteiger partial charge in [0.15, 0.2) is 0 Å². The predicted molar refractivity (Wildman–Crippen MR) is 98.4 cm³/mol. The van der Waals surface area contributed by atoms with Gasteiger partial charge in [-0.1, -0.05) is 36.4 Å². The van der Waals surface area contributed by atoms with Gasteiger partial charge in [-0.05, 0) is 24.8 Å². The maximum Gasteiger partial charge on any atom is 0.251 e. The van der Waals surface area contributed by atoms with Gasteiger partial charge >= 0.3 is 0 Å². The number of carbonyl (C=O) groups is 1. The smallest absolute Gasteiger partial charge is 0.251 e. The first-order valence-corrected chi connectivity index (χ1v) is 9.52. The van der Waals surface area contributed by atoms with Crippen LogP contribution in [0.15, 0.2) is 43.0 Å². The monoisotopic (exact) mass is 340 g/mol. The Morgan fingerprint density at radius 3 is 2.88 bits per heavy atom. The van der Waals surface area contributed by atoms with Gasteiger partial charge in [-0.15, -0.1) is 6.58 Å². The molecule has 1 aromatic rings. The molecule has 3 atom stereocenters. The summed E-state index contributed by atoms with van der Waals surface area (Å²) < 4.78 is 5.63. The molecule has 0 bridgehead atoms. The highest BCUT2D eigenvalue weighted by molar-refractivity contribution is 5.81. The van der Waals surface area contributed by atoms with E-state index in [9.17, 15) is 4.79 Å². The van der Waals surface area contributed by atoms with E-state index >= 15 is 0 Å². The maximum absolute atomic E-state index is 12.8. The topological polar surface area (TPSA) is 32.8 Å². The number of fused-ring (bicyclic) bond motifs is 1. The highest BCUT2D eigenvalue weighted by Gasteiger charge is 2.51. The van der Waals surface area contributed by atoms with E-state index < -0.39 is 0 Å². The molecule has 0 spiro atoms. The lowest BCUT2D eigenvalue weighted by Gasteiger charge is -2.44. The number of carbonyl (C=O) groups excluding carboxylic acids is 1. The maximum atomic E-state index is 12.8. The molecule has 25 heavy (non-hydrogen) atoms. The van der Waals surface area contributed by atoms with Crippen molar-refractivity contribution in [2.24, 2.45) is 5.92 Å². The fourth-order valence-electron chi connectivity index (χ4n) is 5.03. The van der Waals surface area contributed by atoms with Crippen LogP contribution in [-0.2, 0) is 14.9 Å². The molecule has 1 amide bonds. The van der Waals surface area contributed by atoms with E-state index in [1.54, 1.807) is 0 Å². The van der Waals surface area contributed by atoms with Gasteiger partial charge < -0.3 is 9.64 Å². The number of ether oxygens (including phenoxy) is 1. The molecule has 0 aliphatic carbocycles. The number of benzene rings is 1. The number of nitrogens with zero attached hydrogens (tertiary/aromatic N) is 2. The van der Waals surface area contributed by atoms with Crippen molar-refractivity contribution in [1.82, 2.24) is 9.80 Å². The molecule has 0 saturated carbocycles. The Hall–Kier alpha value is -1.65. The minimum atomic E-state index is -0.199. The summed E-state index contributed by atoms with van der Waals surface area (Å²) in [7, 11) is 0. The van der Waals surface area contributed by atoms with Gasteiger partial charge in [0.25, 0.3) is 5.91 Å². The van der Waals surface area contributed by atoms with Crippen molar-refractivity contribution >= 4 is 5.91 Å². The summed E-state index contributed by atoms with van der Waals surface area (Å²) in [5.74, 6) is 0.690. The number of piperidine rings is 1. The third-order valence-corrected chi connectivity index (χ3v) is 6.29. The Morgan fingerprint density at radius 1 is 1.32 bits per heavy atom. The second kappa shape index (κ2) is 6.93. The molecule has 3 fully saturated rings. The van der Waals surface area contributed by atoms with Crippen LogP contribution < -0.4 is 0 Å². The largest absolute Gasteiger partial charge is 0.368 e. The highest BCUT2D eigenvalue weighted by atomic mass is 16.5. The second-order valence-electron chi connectivity index (χ2n) is 7.74. The van der Waals surface area contributed by atoms with Crippen molar-refractivity contribution in [1.29, 1.82) is 0 Å². The Bertz CT molecular complexity index is 626. The normalized spacial score (nSPS) is 32.6. The van der Waals surface area contributed by atoms with Crippen LogP contribution in [0.25, 0.3) is 0 Å². The molecule has 0 radical (unpaired) electrons. The summed E-state index contributed by atoms with van der Waals surface area (Å²) in [6.45, 7) is 9.35. The zero-order valence-electron chi connectivity index (χ0n) is 14.9. The average molecular weight is 340 g/mol. The summed E-state index contributed by atoms with van der Waals surface area (Å²) >= 11 is 0. The van der Waals surface area contributed by atoms with Crippen LogP contribution in [0.5, 0.6) is 0 Å². The van der Waals surface area contributed by atoms with Gasteiger partial charge in [0.05, 0.1) is 0 Å². The zero-order valence-corrected chi connectivity index (χ0v) is 14.9. The van der Waals surface area contributed by atoms with Crippen LogP contribution in [0.3, 0.4) is 0 Å². The standard InChI is InChI=1S/C21H28N2O2/c1-2-11-22-14-18-15-23(20(24)19-9-6-13-25-19)12-10-21(18,16-22)17-7-4-3-5-8-17/h2-5,7-8,18-19H,1,6,9-16H2/t18-,19+,21-/m0/s1. The zero-order chi connectivity index (χ0) is 17.3. The Labute approximate surface area is 150 Å². The Morgan fingerprint density at radius 2 is 2.16 bits per heavy atom. The van der Waals surface area contributed by atoms with Crippen LogP contribution >= 0.6 is 0 Å².